The van der Waals surface area contributed by atoms with Gasteiger partial charge in [0.25, 0.3) is 5.91 Å². The molecule has 1 N–H and O–H groups in total. The van der Waals surface area contributed by atoms with E-state index in [2.05, 4.69) is 48.6 Å². The molecule has 0 fully saturated rings. The Labute approximate surface area is 191 Å². The van der Waals surface area contributed by atoms with Crippen LogP contribution in [0.3, 0.4) is 0 Å². The zero-order chi connectivity index (χ0) is 21.6. The Morgan fingerprint density at radius 2 is 1.55 bits per heavy atom. The van der Waals surface area contributed by atoms with Crippen LogP contribution in [0.15, 0.2) is 83.8 Å². The Kier molecular flexibility index (Phi) is 6.85. The van der Waals surface area contributed by atoms with Gasteiger partial charge in [0, 0.05) is 20.9 Å². The highest BCUT2D eigenvalue weighted by Crippen LogP contribution is 2.33. The second-order valence-corrected chi connectivity index (χ2v) is 9.13. The van der Waals surface area contributed by atoms with Crippen molar-refractivity contribution in [2.24, 2.45) is 0 Å². The molecule has 0 atom stereocenters. The van der Waals surface area contributed by atoms with E-state index in [1.54, 1.807) is 23.1 Å². The minimum absolute atomic E-state index is 0.129. The van der Waals surface area contributed by atoms with Crippen LogP contribution in [-0.2, 0) is 6.42 Å². The van der Waals surface area contributed by atoms with Gasteiger partial charge < -0.3 is 0 Å². The van der Waals surface area contributed by atoms with Gasteiger partial charge in [-0.25, -0.2) is 4.98 Å². The van der Waals surface area contributed by atoms with E-state index in [1.165, 1.54) is 16.0 Å². The summed E-state index contributed by atoms with van der Waals surface area (Å²) in [5, 5.41) is 3.63. The fourth-order valence-corrected chi connectivity index (χ4v) is 4.88. The van der Waals surface area contributed by atoms with Gasteiger partial charge in [0.2, 0.25) is 0 Å². The number of nitrogens with zero attached hydrogens (tertiary/aromatic N) is 1. The summed E-state index contributed by atoms with van der Waals surface area (Å²) in [6.07, 6.45) is 3.99. The topological polar surface area (TPSA) is 42.0 Å². The van der Waals surface area contributed by atoms with E-state index in [-0.39, 0.29) is 5.91 Å². The molecular formula is C26H24N2OS2. The maximum atomic E-state index is 12.7. The number of amides is 1. The van der Waals surface area contributed by atoms with Gasteiger partial charge in [0.15, 0.2) is 5.13 Å². The molecule has 0 aliphatic carbocycles. The van der Waals surface area contributed by atoms with Crippen molar-refractivity contribution in [2.75, 3.05) is 11.6 Å². The molecule has 5 heteroatoms. The molecule has 1 heterocycles. The fraction of sp³-hybridized carbons (Fsp3) is 0.154. The molecule has 0 saturated carbocycles. The molecule has 156 valence electrons. The molecule has 1 aromatic heterocycles. The summed E-state index contributed by atoms with van der Waals surface area (Å²) in [5.41, 5.74) is 5.04. The number of rotatable bonds is 7. The number of aryl methyl sites for hydroxylation is 1. The van der Waals surface area contributed by atoms with Crippen LogP contribution >= 0.6 is 23.1 Å². The Hall–Kier alpha value is -2.89. The number of hydrogen-bond donors (Lipinski definition) is 1. The predicted octanol–water partition coefficient (Wildman–Crippen LogP) is 7.40. The summed E-state index contributed by atoms with van der Waals surface area (Å²) in [6, 6.07) is 26.5. The number of nitrogens with one attached hydrogen (secondary N) is 1. The zero-order valence-corrected chi connectivity index (χ0v) is 19.2. The third kappa shape index (κ3) is 5.06. The second-order valence-electron chi connectivity index (χ2n) is 7.17. The van der Waals surface area contributed by atoms with Gasteiger partial charge in [-0.15, -0.1) is 23.1 Å². The molecule has 0 aliphatic rings. The lowest BCUT2D eigenvalue weighted by Crippen LogP contribution is -2.11. The van der Waals surface area contributed by atoms with Crippen molar-refractivity contribution in [3.8, 4) is 22.4 Å². The largest absolute Gasteiger partial charge is 0.298 e. The molecule has 3 aromatic carbocycles. The second kappa shape index (κ2) is 9.94. The Morgan fingerprint density at radius 1 is 0.903 bits per heavy atom. The third-order valence-corrected chi connectivity index (χ3v) is 6.79. The van der Waals surface area contributed by atoms with Crippen molar-refractivity contribution < 1.29 is 4.79 Å². The van der Waals surface area contributed by atoms with Crippen LogP contribution < -0.4 is 5.32 Å². The minimum Gasteiger partial charge on any atom is -0.298 e. The van der Waals surface area contributed by atoms with E-state index in [0.717, 1.165) is 29.0 Å². The lowest BCUT2D eigenvalue weighted by molar-refractivity contribution is 0.102. The maximum Gasteiger partial charge on any atom is 0.257 e. The van der Waals surface area contributed by atoms with E-state index in [9.17, 15) is 4.79 Å². The van der Waals surface area contributed by atoms with Crippen molar-refractivity contribution >= 4 is 34.1 Å². The van der Waals surface area contributed by atoms with Crippen LogP contribution in [0.5, 0.6) is 0 Å². The van der Waals surface area contributed by atoms with Gasteiger partial charge in [0.05, 0.1) is 5.69 Å². The molecular weight excluding hydrogens is 420 g/mol. The number of hydrogen-bond acceptors (Lipinski definition) is 4. The summed E-state index contributed by atoms with van der Waals surface area (Å²) in [5.74, 6) is -0.129. The number of benzene rings is 3. The quantitative estimate of drug-likeness (QED) is 0.302. The minimum atomic E-state index is -0.129. The molecule has 3 nitrogen and oxygen atoms in total. The average Bonchev–Trinajstić information content (AvgIpc) is 3.22. The first-order chi connectivity index (χ1) is 15.2. The summed E-state index contributed by atoms with van der Waals surface area (Å²) < 4.78 is 0. The molecule has 0 saturated heterocycles. The third-order valence-electron chi connectivity index (χ3n) is 5.01. The standard InChI is InChI=1S/C26H24N2OS2/c1-3-7-23-24(20-12-10-19(11-13-20)18-8-5-4-6-9-18)27-26(31-23)28-25(29)21-14-16-22(30-2)17-15-21/h4-6,8-17H,3,7H2,1-2H3,(H,27,28,29). The Balaban J connectivity index is 1.57. The highest BCUT2D eigenvalue weighted by molar-refractivity contribution is 7.98. The maximum absolute atomic E-state index is 12.7. The molecule has 4 rings (SSSR count). The van der Waals surface area contributed by atoms with E-state index in [4.69, 9.17) is 4.98 Å². The molecule has 31 heavy (non-hydrogen) atoms. The first-order valence-electron chi connectivity index (χ1n) is 10.3. The van der Waals surface area contributed by atoms with E-state index in [1.807, 2.05) is 48.7 Å². The summed E-state index contributed by atoms with van der Waals surface area (Å²) >= 11 is 3.22. The van der Waals surface area contributed by atoms with E-state index < -0.39 is 0 Å². The van der Waals surface area contributed by atoms with Crippen LogP contribution in [0.25, 0.3) is 22.4 Å². The van der Waals surface area contributed by atoms with E-state index in [0.29, 0.717) is 10.7 Å². The van der Waals surface area contributed by atoms with Crippen LogP contribution in [0, 0.1) is 0 Å². The fourth-order valence-electron chi connectivity index (χ4n) is 3.39. The number of thioether (sulfide) groups is 1. The van der Waals surface area contributed by atoms with Crippen molar-refractivity contribution in [3.63, 3.8) is 0 Å². The van der Waals surface area contributed by atoms with Gasteiger partial charge in [0.1, 0.15) is 0 Å². The van der Waals surface area contributed by atoms with Crippen molar-refractivity contribution in [1.82, 2.24) is 4.98 Å². The number of thiazole rings is 1. The van der Waals surface area contributed by atoms with Crippen molar-refractivity contribution in [3.05, 3.63) is 89.3 Å². The molecule has 0 aliphatic heterocycles. The van der Waals surface area contributed by atoms with Crippen LogP contribution in [-0.4, -0.2) is 17.1 Å². The van der Waals surface area contributed by atoms with Crippen molar-refractivity contribution in [1.29, 1.82) is 0 Å². The number of anilines is 1. The Bertz CT molecular complexity index is 1150. The number of carbonyl (C=O) groups is 1. The lowest BCUT2D eigenvalue weighted by Gasteiger charge is -2.05. The van der Waals surface area contributed by atoms with Crippen LogP contribution in [0.1, 0.15) is 28.6 Å². The highest BCUT2D eigenvalue weighted by Gasteiger charge is 2.15. The number of aromatic nitrogens is 1. The number of carbonyl (C=O) groups excluding carboxylic acids is 1. The lowest BCUT2D eigenvalue weighted by atomic mass is 10.0. The summed E-state index contributed by atoms with van der Waals surface area (Å²) in [6.45, 7) is 2.16. The molecule has 1 amide bonds. The van der Waals surface area contributed by atoms with Crippen LogP contribution in [0.2, 0.25) is 0 Å². The smallest absolute Gasteiger partial charge is 0.257 e. The van der Waals surface area contributed by atoms with E-state index >= 15 is 0 Å². The van der Waals surface area contributed by atoms with Gasteiger partial charge in [-0.1, -0.05) is 67.9 Å². The normalized spacial score (nSPS) is 10.8. The zero-order valence-electron chi connectivity index (χ0n) is 17.6. The Morgan fingerprint density at radius 3 is 2.19 bits per heavy atom. The van der Waals surface area contributed by atoms with Crippen LogP contribution in [0.4, 0.5) is 5.13 Å². The van der Waals surface area contributed by atoms with Crippen molar-refractivity contribution in [2.45, 2.75) is 24.7 Å². The van der Waals surface area contributed by atoms with Gasteiger partial charge >= 0.3 is 0 Å². The summed E-state index contributed by atoms with van der Waals surface area (Å²) in [7, 11) is 0. The van der Waals surface area contributed by atoms with Gasteiger partial charge in [-0.3, -0.25) is 10.1 Å². The molecule has 0 bridgehead atoms. The first-order valence-corrected chi connectivity index (χ1v) is 12.3. The monoisotopic (exact) mass is 444 g/mol. The first kappa shape index (κ1) is 21.3. The molecule has 0 radical (unpaired) electrons. The van der Waals surface area contributed by atoms with Gasteiger partial charge in [-0.05, 0) is 48.1 Å². The molecule has 0 unspecified atom stereocenters. The summed E-state index contributed by atoms with van der Waals surface area (Å²) in [4.78, 5) is 19.8. The predicted molar refractivity (Wildman–Crippen MR) is 133 cm³/mol. The van der Waals surface area contributed by atoms with Gasteiger partial charge in [-0.2, -0.15) is 0 Å². The highest BCUT2D eigenvalue weighted by atomic mass is 32.2. The molecule has 4 aromatic rings. The molecule has 0 spiro atoms. The SMILES string of the molecule is CCCc1sc(NC(=O)c2ccc(SC)cc2)nc1-c1ccc(-c2ccccc2)cc1. The average molecular weight is 445 g/mol.